The SMILES string of the molecule is O=C(Nc1cccnc1)C1CCC2(CCN(S(=O)(=O)c3ccc(F)cc3)CC2)O1. The summed E-state index contributed by atoms with van der Waals surface area (Å²) < 4.78 is 46.1. The molecule has 1 aromatic carbocycles. The van der Waals surface area contributed by atoms with Crippen LogP contribution in [-0.4, -0.2) is 48.4 Å². The van der Waals surface area contributed by atoms with E-state index in [0.29, 0.717) is 44.5 Å². The van der Waals surface area contributed by atoms with Crippen molar-refractivity contribution in [3.63, 3.8) is 0 Å². The number of piperidine rings is 1. The Morgan fingerprint density at radius 1 is 1.17 bits per heavy atom. The molecule has 154 valence electrons. The molecular weight excluding hydrogens is 397 g/mol. The number of nitrogens with one attached hydrogen (secondary N) is 1. The average Bonchev–Trinajstić information content (AvgIpc) is 3.13. The molecule has 1 unspecified atom stereocenters. The van der Waals surface area contributed by atoms with Crippen molar-refractivity contribution in [1.82, 2.24) is 9.29 Å². The van der Waals surface area contributed by atoms with E-state index in [1.165, 1.54) is 16.4 Å². The van der Waals surface area contributed by atoms with E-state index in [0.717, 1.165) is 12.1 Å². The molecule has 1 spiro atoms. The third-order valence-corrected chi connectivity index (χ3v) is 7.47. The Balaban J connectivity index is 1.37. The Morgan fingerprint density at radius 3 is 2.55 bits per heavy atom. The second-order valence-corrected chi connectivity index (χ2v) is 9.36. The van der Waals surface area contributed by atoms with E-state index < -0.39 is 27.5 Å². The van der Waals surface area contributed by atoms with Crippen LogP contribution in [0.2, 0.25) is 0 Å². The van der Waals surface area contributed by atoms with Crippen molar-refractivity contribution in [3.8, 4) is 0 Å². The van der Waals surface area contributed by atoms with Gasteiger partial charge in [0.2, 0.25) is 10.0 Å². The molecule has 1 atom stereocenters. The first-order chi connectivity index (χ1) is 13.9. The van der Waals surface area contributed by atoms with Gasteiger partial charge in [0, 0.05) is 19.3 Å². The van der Waals surface area contributed by atoms with Gasteiger partial charge in [0.25, 0.3) is 5.91 Å². The van der Waals surface area contributed by atoms with Crippen molar-refractivity contribution in [1.29, 1.82) is 0 Å². The summed E-state index contributed by atoms with van der Waals surface area (Å²) in [5.41, 5.74) is 0.133. The molecule has 0 bridgehead atoms. The van der Waals surface area contributed by atoms with E-state index in [1.54, 1.807) is 24.5 Å². The Labute approximate surface area is 168 Å². The molecule has 29 heavy (non-hydrogen) atoms. The average molecular weight is 419 g/mol. The summed E-state index contributed by atoms with van der Waals surface area (Å²) >= 11 is 0. The largest absolute Gasteiger partial charge is 0.362 e. The molecule has 2 saturated heterocycles. The summed E-state index contributed by atoms with van der Waals surface area (Å²) in [5.74, 6) is -0.687. The van der Waals surface area contributed by atoms with Crippen LogP contribution in [0.4, 0.5) is 10.1 Å². The summed E-state index contributed by atoms with van der Waals surface area (Å²) in [6.45, 7) is 0.604. The van der Waals surface area contributed by atoms with Crippen LogP contribution in [0.25, 0.3) is 0 Å². The van der Waals surface area contributed by atoms with Crippen LogP contribution in [0.15, 0.2) is 53.7 Å². The van der Waals surface area contributed by atoms with Gasteiger partial charge >= 0.3 is 0 Å². The zero-order valence-electron chi connectivity index (χ0n) is 15.8. The predicted octanol–water partition coefficient (Wildman–Crippen LogP) is 2.56. The third-order valence-electron chi connectivity index (χ3n) is 5.56. The maximum Gasteiger partial charge on any atom is 0.253 e. The van der Waals surface area contributed by atoms with E-state index in [9.17, 15) is 17.6 Å². The summed E-state index contributed by atoms with van der Waals surface area (Å²) in [6, 6.07) is 8.34. The van der Waals surface area contributed by atoms with Crippen LogP contribution in [0.5, 0.6) is 0 Å². The lowest BCUT2D eigenvalue weighted by atomic mass is 9.89. The minimum absolute atomic E-state index is 0.0796. The van der Waals surface area contributed by atoms with Gasteiger partial charge in [0.05, 0.1) is 22.4 Å². The number of benzene rings is 1. The molecule has 2 aliphatic heterocycles. The monoisotopic (exact) mass is 419 g/mol. The Hall–Kier alpha value is -2.36. The summed E-state index contributed by atoms with van der Waals surface area (Å²) in [7, 11) is -3.67. The topological polar surface area (TPSA) is 88.6 Å². The van der Waals surface area contributed by atoms with Crippen molar-refractivity contribution in [3.05, 3.63) is 54.6 Å². The molecule has 2 aromatic rings. The van der Waals surface area contributed by atoms with E-state index in [2.05, 4.69) is 10.3 Å². The second-order valence-electron chi connectivity index (χ2n) is 7.42. The van der Waals surface area contributed by atoms with Gasteiger partial charge in [-0.2, -0.15) is 4.31 Å². The number of hydrogen-bond acceptors (Lipinski definition) is 5. The number of amides is 1. The fraction of sp³-hybridized carbons (Fsp3) is 0.400. The van der Waals surface area contributed by atoms with Crippen molar-refractivity contribution in [2.75, 3.05) is 18.4 Å². The highest BCUT2D eigenvalue weighted by Crippen LogP contribution is 2.40. The zero-order valence-corrected chi connectivity index (χ0v) is 16.6. The molecule has 0 radical (unpaired) electrons. The standard InChI is InChI=1S/C20H22FN3O4S/c21-15-3-5-17(6-4-15)29(26,27)24-12-9-20(10-13-24)8-7-18(28-20)19(25)23-16-2-1-11-22-14-16/h1-6,11,14,18H,7-10,12-13H2,(H,23,25). The first-order valence-electron chi connectivity index (χ1n) is 9.52. The lowest BCUT2D eigenvalue weighted by molar-refractivity contribution is -0.134. The number of sulfonamides is 1. The van der Waals surface area contributed by atoms with Gasteiger partial charge in [-0.3, -0.25) is 9.78 Å². The molecule has 1 N–H and O–H groups in total. The van der Waals surface area contributed by atoms with E-state index in [1.807, 2.05) is 0 Å². The van der Waals surface area contributed by atoms with Gasteiger partial charge in [-0.15, -0.1) is 0 Å². The van der Waals surface area contributed by atoms with Crippen LogP contribution in [0, 0.1) is 5.82 Å². The maximum absolute atomic E-state index is 13.1. The molecule has 7 nitrogen and oxygen atoms in total. The zero-order chi connectivity index (χ0) is 20.5. The minimum Gasteiger partial charge on any atom is -0.362 e. The molecular formula is C20H22FN3O4S. The number of anilines is 1. The summed E-state index contributed by atoms with van der Waals surface area (Å²) in [4.78, 5) is 16.5. The van der Waals surface area contributed by atoms with Crippen LogP contribution in [-0.2, 0) is 19.6 Å². The number of carbonyl (C=O) groups is 1. The third kappa shape index (κ3) is 4.17. The Morgan fingerprint density at radius 2 is 1.90 bits per heavy atom. The summed E-state index contributed by atoms with van der Waals surface area (Å²) in [5, 5.41) is 2.80. The van der Waals surface area contributed by atoms with Crippen molar-refractivity contribution in [2.24, 2.45) is 0 Å². The highest BCUT2D eigenvalue weighted by atomic mass is 32.2. The quantitative estimate of drug-likeness (QED) is 0.823. The number of nitrogens with zero attached hydrogens (tertiary/aromatic N) is 2. The van der Waals surface area contributed by atoms with Gasteiger partial charge in [0.1, 0.15) is 11.9 Å². The number of aromatic nitrogens is 1. The first kappa shape index (κ1) is 19.9. The van der Waals surface area contributed by atoms with E-state index >= 15 is 0 Å². The Bertz CT molecular complexity index is 975. The molecule has 0 saturated carbocycles. The minimum atomic E-state index is -3.67. The van der Waals surface area contributed by atoms with Crippen LogP contribution in [0.1, 0.15) is 25.7 Å². The molecule has 9 heteroatoms. The summed E-state index contributed by atoms with van der Waals surface area (Å²) in [6.07, 6.45) is 4.98. The number of carbonyl (C=O) groups excluding carboxylic acids is 1. The maximum atomic E-state index is 13.1. The van der Waals surface area contributed by atoms with Gasteiger partial charge in [-0.1, -0.05) is 0 Å². The van der Waals surface area contributed by atoms with Crippen molar-refractivity contribution < 1.29 is 22.3 Å². The molecule has 1 aromatic heterocycles. The van der Waals surface area contributed by atoms with Gasteiger partial charge in [-0.25, -0.2) is 12.8 Å². The fourth-order valence-electron chi connectivity index (χ4n) is 3.92. The number of pyridine rings is 1. The van der Waals surface area contributed by atoms with Crippen LogP contribution >= 0.6 is 0 Å². The first-order valence-corrected chi connectivity index (χ1v) is 11.0. The molecule has 1 amide bonds. The smallest absolute Gasteiger partial charge is 0.253 e. The lowest BCUT2D eigenvalue weighted by Crippen LogP contribution is -2.47. The number of rotatable bonds is 4. The normalized spacial score (nSPS) is 21.9. The van der Waals surface area contributed by atoms with Crippen LogP contribution < -0.4 is 5.32 Å². The van der Waals surface area contributed by atoms with Gasteiger partial charge in [0.15, 0.2) is 0 Å². The second kappa shape index (κ2) is 7.81. The van der Waals surface area contributed by atoms with Gasteiger partial charge < -0.3 is 10.1 Å². The number of halogens is 1. The number of hydrogen-bond donors (Lipinski definition) is 1. The highest BCUT2D eigenvalue weighted by molar-refractivity contribution is 7.89. The van der Waals surface area contributed by atoms with E-state index in [4.69, 9.17) is 4.74 Å². The molecule has 0 aliphatic carbocycles. The van der Waals surface area contributed by atoms with Gasteiger partial charge in [-0.05, 0) is 62.1 Å². The molecule has 4 rings (SSSR count). The van der Waals surface area contributed by atoms with Crippen molar-refractivity contribution >= 4 is 21.6 Å². The molecule has 2 fully saturated rings. The fourth-order valence-corrected chi connectivity index (χ4v) is 5.36. The molecule has 3 heterocycles. The lowest BCUT2D eigenvalue weighted by Gasteiger charge is -2.38. The predicted molar refractivity (Wildman–Crippen MR) is 104 cm³/mol. The Kier molecular flexibility index (Phi) is 5.37. The van der Waals surface area contributed by atoms with Crippen molar-refractivity contribution in [2.45, 2.75) is 42.3 Å². The number of ether oxygens (including phenoxy) is 1. The van der Waals surface area contributed by atoms with E-state index in [-0.39, 0.29) is 10.8 Å². The van der Waals surface area contributed by atoms with Crippen LogP contribution in [0.3, 0.4) is 0 Å². The molecule has 2 aliphatic rings. The highest BCUT2D eigenvalue weighted by Gasteiger charge is 2.46.